The van der Waals surface area contributed by atoms with Crippen molar-refractivity contribution >= 4 is 21.9 Å². The van der Waals surface area contributed by atoms with E-state index in [2.05, 4.69) is 20.2 Å². The second kappa shape index (κ2) is 4.87. The molecule has 0 aliphatic carbocycles. The van der Waals surface area contributed by atoms with Gasteiger partial charge in [-0.25, -0.2) is 18.7 Å². The van der Waals surface area contributed by atoms with Gasteiger partial charge in [-0.3, -0.25) is 5.10 Å². The summed E-state index contributed by atoms with van der Waals surface area (Å²) in [6.45, 7) is 0. The van der Waals surface area contributed by atoms with Crippen molar-refractivity contribution in [3.8, 4) is 0 Å². The SMILES string of the molecule is Cn1c([N+](=O)[O-])cnc1CC(=S=O)c1ncn[nH]1. The first kappa shape index (κ1) is 12.1. The molecule has 94 valence electrons. The van der Waals surface area contributed by atoms with Crippen LogP contribution in [0.3, 0.4) is 0 Å². The van der Waals surface area contributed by atoms with Gasteiger partial charge in [-0.05, 0) is 4.92 Å². The number of nitro groups is 1. The third-order valence-electron chi connectivity index (χ3n) is 2.35. The number of aromatic nitrogens is 5. The largest absolute Gasteiger partial charge is 0.358 e. The third-order valence-corrected chi connectivity index (χ3v) is 2.88. The normalized spacial score (nSPS) is 10.3. The van der Waals surface area contributed by atoms with E-state index >= 15 is 0 Å². The fourth-order valence-corrected chi connectivity index (χ4v) is 1.77. The van der Waals surface area contributed by atoms with Crippen LogP contribution in [-0.4, -0.2) is 38.7 Å². The summed E-state index contributed by atoms with van der Waals surface area (Å²) in [7, 11) is 1.52. The highest BCUT2D eigenvalue weighted by Crippen LogP contribution is 2.12. The second-order valence-corrected chi connectivity index (χ2v) is 4.03. The Kier molecular flexibility index (Phi) is 3.28. The molecule has 1 N–H and O–H groups in total. The van der Waals surface area contributed by atoms with E-state index in [0.717, 1.165) is 6.20 Å². The first-order valence-electron chi connectivity index (χ1n) is 4.80. The number of nitrogens with zero attached hydrogens (tertiary/aromatic N) is 5. The van der Waals surface area contributed by atoms with Gasteiger partial charge >= 0.3 is 5.82 Å². The Morgan fingerprint density at radius 2 is 2.39 bits per heavy atom. The van der Waals surface area contributed by atoms with Gasteiger partial charge in [0.1, 0.15) is 12.5 Å². The number of hydrogen-bond donors (Lipinski definition) is 1. The van der Waals surface area contributed by atoms with Gasteiger partial charge in [0.25, 0.3) is 0 Å². The van der Waals surface area contributed by atoms with Crippen LogP contribution in [-0.2, 0) is 24.7 Å². The molecule has 0 bridgehead atoms. The lowest BCUT2D eigenvalue weighted by Gasteiger charge is -1.98. The molecule has 18 heavy (non-hydrogen) atoms. The summed E-state index contributed by atoms with van der Waals surface area (Å²) in [6, 6.07) is 0. The molecule has 0 spiro atoms. The Labute approximate surface area is 104 Å². The lowest BCUT2D eigenvalue weighted by Crippen LogP contribution is -2.12. The van der Waals surface area contributed by atoms with E-state index in [0.29, 0.717) is 16.5 Å². The van der Waals surface area contributed by atoms with Crippen LogP contribution in [0.5, 0.6) is 0 Å². The fourth-order valence-electron chi connectivity index (χ4n) is 1.41. The van der Waals surface area contributed by atoms with Crippen molar-refractivity contribution in [2.24, 2.45) is 7.05 Å². The molecule has 2 aromatic heterocycles. The Morgan fingerprint density at radius 1 is 1.61 bits per heavy atom. The first-order valence-corrected chi connectivity index (χ1v) is 5.54. The Balaban J connectivity index is 2.29. The summed E-state index contributed by atoms with van der Waals surface area (Å²) in [5, 5.41) is 16.9. The van der Waals surface area contributed by atoms with Crippen molar-refractivity contribution in [3.63, 3.8) is 0 Å². The summed E-state index contributed by atoms with van der Waals surface area (Å²) < 4.78 is 12.3. The molecule has 0 radical (unpaired) electrons. The smallest absolute Gasteiger partial charge is 0.342 e. The molecule has 0 aliphatic heterocycles. The number of nitrogens with one attached hydrogen (secondary N) is 1. The van der Waals surface area contributed by atoms with Crippen molar-refractivity contribution < 1.29 is 9.13 Å². The zero-order valence-corrected chi connectivity index (χ0v) is 10.0. The van der Waals surface area contributed by atoms with Gasteiger partial charge in [0.2, 0.25) is 5.82 Å². The molecule has 0 aliphatic rings. The maximum absolute atomic E-state index is 11.0. The highest BCUT2D eigenvalue weighted by atomic mass is 32.1. The number of imidazole rings is 1. The van der Waals surface area contributed by atoms with Gasteiger partial charge < -0.3 is 10.1 Å². The minimum Gasteiger partial charge on any atom is -0.358 e. The van der Waals surface area contributed by atoms with Crippen LogP contribution in [0.15, 0.2) is 12.5 Å². The molecule has 0 saturated carbocycles. The van der Waals surface area contributed by atoms with Crippen LogP contribution in [0.25, 0.3) is 0 Å². The monoisotopic (exact) mass is 268 g/mol. The van der Waals surface area contributed by atoms with Crippen molar-refractivity contribution in [3.05, 3.63) is 34.3 Å². The summed E-state index contributed by atoms with van der Waals surface area (Å²) in [4.78, 5) is 18.3. The topological polar surface area (TPSA) is 120 Å². The second-order valence-electron chi connectivity index (χ2n) is 3.37. The molecular formula is C8H8N6O3S. The van der Waals surface area contributed by atoms with Crippen LogP contribution in [0, 0.1) is 10.1 Å². The van der Waals surface area contributed by atoms with E-state index in [1.165, 1.54) is 17.9 Å². The van der Waals surface area contributed by atoms with E-state index in [1.807, 2.05) is 0 Å². The summed E-state index contributed by atoms with van der Waals surface area (Å²) in [5.74, 6) is 0.634. The molecule has 0 amide bonds. The molecule has 2 rings (SSSR count). The number of hydrogen-bond acceptors (Lipinski definition) is 6. The highest BCUT2D eigenvalue weighted by Gasteiger charge is 2.19. The van der Waals surface area contributed by atoms with Crippen LogP contribution in [0.2, 0.25) is 0 Å². The zero-order chi connectivity index (χ0) is 13.1. The molecule has 0 fully saturated rings. The lowest BCUT2D eigenvalue weighted by molar-refractivity contribution is -0.391. The van der Waals surface area contributed by atoms with Gasteiger partial charge in [0.05, 0.1) is 29.6 Å². The molecule has 2 heterocycles. The van der Waals surface area contributed by atoms with E-state index in [1.54, 1.807) is 0 Å². The molecule has 0 aromatic carbocycles. The maximum atomic E-state index is 11.0. The van der Waals surface area contributed by atoms with Crippen molar-refractivity contribution in [2.45, 2.75) is 6.42 Å². The third kappa shape index (κ3) is 2.18. The van der Waals surface area contributed by atoms with Crippen LogP contribution >= 0.6 is 0 Å². The van der Waals surface area contributed by atoms with E-state index < -0.39 is 4.92 Å². The standard InChI is InChI=1S/C8H8N6O3S/c1-13-6(9-3-7(13)14(15)16)2-5(18-17)8-10-4-11-12-8/h3-4H,2H2,1H3,(H,10,11,12). The Morgan fingerprint density at radius 3 is 2.89 bits per heavy atom. The molecular weight excluding hydrogens is 260 g/mol. The molecule has 10 heteroatoms. The summed E-state index contributed by atoms with van der Waals surface area (Å²) >= 11 is 0.259. The van der Waals surface area contributed by atoms with Crippen molar-refractivity contribution in [1.29, 1.82) is 0 Å². The van der Waals surface area contributed by atoms with E-state index in [-0.39, 0.29) is 23.5 Å². The minimum atomic E-state index is -0.533. The van der Waals surface area contributed by atoms with Crippen LogP contribution in [0.1, 0.15) is 11.6 Å². The zero-order valence-electron chi connectivity index (χ0n) is 9.23. The van der Waals surface area contributed by atoms with Gasteiger partial charge in [-0.15, -0.1) is 0 Å². The fraction of sp³-hybridized carbons (Fsp3) is 0.250. The molecule has 0 unspecified atom stereocenters. The van der Waals surface area contributed by atoms with E-state index in [9.17, 15) is 14.3 Å². The Bertz CT molecular complexity index is 627. The molecule has 0 atom stereocenters. The number of rotatable bonds is 4. The van der Waals surface area contributed by atoms with Gasteiger partial charge in [-0.1, -0.05) is 0 Å². The summed E-state index contributed by atoms with van der Waals surface area (Å²) in [5.41, 5.74) is 0. The quantitative estimate of drug-likeness (QED) is 0.343. The first-order chi connectivity index (χ1) is 8.63. The number of aromatic amines is 1. The lowest BCUT2D eigenvalue weighted by atomic mass is 10.3. The number of H-pyrrole nitrogens is 1. The molecule has 9 nitrogen and oxygen atoms in total. The Hall–Kier alpha value is -2.36. The average molecular weight is 268 g/mol. The molecule has 2 aromatic rings. The molecule has 0 saturated heterocycles. The van der Waals surface area contributed by atoms with Crippen molar-refractivity contribution in [2.75, 3.05) is 0 Å². The highest BCUT2D eigenvalue weighted by molar-refractivity contribution is 7.67. The van der Waals surface area contributed by atoms with Gasteiger partial charge in [-0.2, -0.15) is 5.10 Å². The van der Waals surface area contributed by atoms with E-state index in [4.69, 9.17) is 0 Å². The van der Waals surface area contributed by atoms with Gasteiger partial charge in [0.15, 0.2) is 5.82 Å². The average Bonchev–Trinajstić information content (AvgIpc) is 2.96. The van der Waals surface area contributed by atoms with Gasteiger partial charge in [0, 0.05) is 0 Å². The van der Waals surface area contributed by atoms with Crippen molar-refractivity contribution in [1.82, 2.24) is 24.7 Å². The van der Waals surface area contributed by atoms with Crippen LogP contribution in [0.4, 0.5) is 5.82 Å². The predicted molar refractivity (Wildman–Crippen MR) is 62.2 cm³/mol. The summed E-state index contributed by atoms with van der Waals surface area (Å²) in [6.07, 6.45) is 2.60. The minimum absolute atomic E-state index is 0.127. The predicted octanol–water partition coefficient (Wildman–Crippen LogP) is -0.577. The maximum Gasteiger partial charge on any atom is 0.342 e. The van der Waals surface area contributed by atoms with Crippen LogP contribution < -0.4 is 0 Å².